The monoisotopic (exact) mass is 368 g/mol. The number of thiocarbonyl (C=S) groups is 1. The third-order valence-electron chi connectivity index (χ3n) is 2.36. The Labute approximate surface area is 134 Å². The first-order valence-corrected chi connectivity index (χ1v) is 7.03. The fraction of sp³-hybridized carbons (Fsp3) is 0. The van der Waals surface area contributed by atoms with Crippen molar-refractivity contribution >= 4 is 50.9 Å². The fourth-order valence-corrected chi connectivity index (χ4v) is 1.99. The van der Waals surface area contributed by atoms with Gasteiger partial charge in [0, 0.05) is 10.5 Å². The minimum atomic E-state index is -0.480. The molecule has 1 amide bonds. The summed E-state index contributed by atoms with van der Waals surface area (Å²) in [5.74, 6) is -0.378. The zero-order chi connectivity index (χ0) is 15.2. The number of amides is 1. The number of benzene rings is 1. The van der Waals surface area contributed by atoms with Crippen LogP contribution in [0.15, 0.2) is 51.6 Å². The lowest BCUT2D eigenvalue weighted by Gasteiger charge is -2.09. The normalized spacial score (nSPS) is 10.6. The van der Waals surface area contributed by atoms with Crippen LogP contribution in [0.2, 0.25) is 0 Å². The Kier molecular flexibility index (Phi) is 5.24. The quantitative estimate of drug-likeness (QED) is 0.640. The van der Waals surface area contributed by atoms with Crippen LogP contribution in [0.1, 0.15) is 5.76 Å². The van der Waals surface area contributed by atoms with Crippen LogP contribution in [0.25, 0.3) is 6.08 Å². The topological polar surface area (TPSA) is 54.3 Å². The van der Waals surface area contributed by atoms with Gasteiger partial charge < -0.3 is 9.73 Å². The number of furan rings is 1. The Morgan fingerprint density at radius 3 is 2.86 bits per heavy atom. The molecule has 0 unspecified atom stereocenters. The van der Waals surface area contributed by atoms with Gasteiger partial charge in [0.2, 0.25) is 5.91 Å². The predicted molar refractivity (Wildman–Crippen MR) is 86.2 cm³/mol. The number of carbonyl (C=O) groups excluding carboxylic acids is 1. The summed E-state index contributed by atoms with van der Waals surface area (Å²) in [6, 6.07) is 7.88. The summed E-state index contributed by atoms with van der Waals surface area (Å²) < 4.78 is 19.2. The van der Waals surface area contributed by atoms with Crippen LogP contribution in [0.3, 0.4) is 0 Å². The molecule has 0 spiro atoms. The van der Waals surface area contributed by atoms with Gasteiger partial charge in [-0.3, -0.25) is 10.1 Å². The van der Waals surface area contributed by atoms with Crippen LogP contribution in [-0.4, -0.2) is 11.0 Å². The van der Waals surface area contributed by atoms with E-state index in [0.29, 0.717) is 10.2 Å². The van der Waals surface area contributed by atoms with Gasteiger partial charge in [0.05, 0.1) is 12.0 Å². The van der Waals surface area contributed by atoms with E-state index in [1.54, 1.807) is 18.2 Å². The molecule has 0 aliphatic carbocycles. The average Bonchev–Trinajstić information content (AvgIpc) is 2.93. The van der Waals surface area contributed by atoms with Crippen LogP contribution in [0.5, 0.6) is 0 Å². The lowest BCUT2D eigenvalue weighted by molar-refractivity contribution is -0.115. The highest BCUT2D eigenvalue weighted by atomic mass is 79.9. The van der Waals surface area contributed by atoms with E-state index in [4.69, 9.17) is 16.6 Å². The minimum Gasteiger partial charge on any atom is -0.465 e. The van der Waals surface area contributed by atoms with Crippen LogP contribution in [0.4, 0.5) is 10.1 Å². The molecule has 0 saturated carbocycles. The predicted octanol–water partition coefficient (Wildman–Crippen LogP) is 3.71. The molecule has 0 aliphatic rings. The van der Waals surface area contributed by atoms with Gasteiger partial charge in [-0.15, -0.1) is 0 Å². The third kappa shape index (κ3) is 4.80. The van der Waals surface area contributed by atoms with Gasteiger partial charge in [-0.2, -0.15) is 0 Å². The second-order valence-corrected chi connectivity index (χ2v) is 5.24. The van der Waals surface area contributed by atoms with Crippen LogP contribution in [-0.2, 0) is 4.79 Å². The Morgan fingerprint density at radius 2 is 2.19 bits per heavy atom. The zero-order valence-corrected chi connectivity index (χ0v) is 13.0. The highest BCUT2D eigenvalue weighted by molar-refractivity contribution is 9.10. The Bertz CT molecular complexity index is 686. The third-order valence-corrected chi connectivity index (χ3v) is 3.06. The van der Waals surface area contributed by atoms with Crippen molar-refractivity contribution in [3.05, 3.63) is 58.7 Å². The number of hydrogen-bond acceptors (Lipinski definition) is 3. The van der Waals surface area contributed by atoms with Gasteiger partial charge in [-0.05, 0) is 48.6 Å². The molecule has 4 nitrogen and oxygen atoms in total. The molecule has 1 aromatic carbocycles. The molecule has 0 atom stereocenters. The molecule has 0 fully saturated rings. The van der Waals surface area contributed by atoms with E-state index in [1.807, 2.05) is 0 Å². The molecular weight excluding hydrogens is 359 g/mol. The van der Waals surface area contributed by atoms with Gasteiger partial charge in [-0.1, -0.05) is 15.9 Å². The maximum absolute atomic E-state index is 13.6. The molecular formula is C14H10BrFN2O2S. The SMILES string of the molecule is O=C(/C=C/c1ccco1)NC(=S)Nc1ccc(Br)cc1F. The van der Waals surface area contributed by atoms with E-state index in [-0.39, 0.29) is 10.8 Å². The first-order valence-electron chi connectivity index (χ1n) is 5.83. The van der Waals surface area contributed by atoms with E-state index in [1.165, 1.54) is 30.5 Å². The van der Waals surface area contributed by atoms with Gasteiger partial charge >= 0.3 is 0 Å². The molecule has 2 aromatic rings. The number of hydrogen-bond donors (Lipinski definition) is 2. The first-order chi connectivity index (χ1) is 10.0. The van der Waals surface area contributed by atoms with Crippen LogP contribution < -0.4 is 10.6 Å². The van der Waals surface area contributed by atoms with Crippen molar-refractivity contribution in [2.45, 2.75) is 0 Å². The average molecular weight is 369 g/mol. The molecule has 2 N–H and O–H groups in total. The lowest BCUT2D eigenvalue weighted by Crippen LogP contribution is -2.33. The van der Waals surface area contributed by atoms with Gasteiger partial charge in [0.15, 0.2) is 5.11 Å². The molecule has 0 radical (unpaired) electrons. The van der Waals surface area contributed by atoms with Crippen LogP contribution in [0, 0.1) is 5.82 Å². The number of carbonyl (C=O) groups is 1. The molecule has 2 rings (SSSR count). The fourth-order valence-electron chi connectivity index (χ4n) is 1.44. The molecule has 1 aromatic heterocycles. The maximum atomic E-state index is 13.6. The van der Waals surface area contributed by atoms with E-state index in [2.05, 4.69) is 26.6 Å². The van der Waals surface area contributed by atoms with E-state index in [9.17, 15) is 9.18 Å². The summed E-state index contributed by atoms with van der Waals surface area (Å²) in [6.45, 7) is 0. The Morgan fingerprint density at radius 1 is 1.38 bits per heavy atom. The van der Waals surface area contributed by atoms with Gasteiger partial charge in [0.1, 0.15) is 11.6 Å². The lowest BCUT2D eigenvalue weighted by atomic mass is 10.3. The van der Waals surface area contributed by atoms with Crippen molar-refractivity contribution in [3.8, 4) is 0 Å². The molecule has 108 valence electrons. The number of rotatable bonds is 3. The van der Waals surface area contributed by atoms with Crippen molar-refractivity contribution in [3.63, 3.8) is 0 Å². The van der Waals surface area contributed by atoms with E-state index >= 15 is 0 Å². The highest BCUT2D eigenvalue weighted by Gasteiger charge is 2.06. The molecule has 0 saturated heterocycles. The summed E-state index contributed by atoms with van der Waals surface area (Å²) in [5, 5.41) is 5.02. The van der Waals surface area contributed by atoms with Crippen molar-refractivity contribution in [2.24, 2.45) is 0 Å². The zero-order valence-electron chi connectivity index (χ0n) is 10.6. The molecule has 0 bridgehead atoms. The van der Waals surface area contributed by atoms with Gasteiger partial charge in [0.25, 0.3) is 0 Å². The van der Waals surface area contributed by atoms with Crippen LogP contribution >= 0.6 is 28.1 Å². The highest BCUT2D eigenvalue weighted by Crippen LogP contribution is 2.19. The van der Waals surface area contributed by atoms with Crippen molar-refractivity contribution in [2.75, 3.05) is 5.32 Å². The molecule has 1 heterocycles. The first kappa shape index (κ1) is 15.4. The largest absolute Gasteiger partial charge is 0.465 e. The molecule has 21 heavy (non-hydrogen) atoms. The second-order valence-electron chi connectivity index (χ2n) is 3.92. The van der Waals surface area contributed by atoms with Crippen molar-refractivity contribution in [1.29, 1.82) is 0 Å². The summed E-state index contributed by atoms with van der Waals surface area (Å²) in [6.07, 6.45) is 4.27. The smallest absolute Gasteiger partial charge is 0.250 e. The van der Waals surface area contributed by atoms with E-state index < -0.39 is 11.7 Å². The summed E-state index contributed by atoms with van der Waals surface area (Å²) >= 11 is 8.09. The Balaban J connectivity index is 1.90. The maximum Gasteiger partial charge on any atom is 0.250 e. The summed E-state index contributed by atoms with van der Waals surface area (Å²) in [5.41, 5.74) is 0.179. The van der Waals surface area contributed by atoms with Gasteiger partial charge in [-0.25, -0.2) is 4.39 Å². The second kappa shape index (κ2) is 7.14. The Hall–Kier alpha value is -1.99. The van der Waals surface area contributed by atoms with Crippen molar-refractivity contribution < 1.29 is 13.6 Å². The summed E-state index contributed by atoms with van der Waals surface area (Å²) in [7, 11) is 0. The molecule has 7 heteroatoms. The number of nitrogens with one attached hydrogen (secondary N) is 2. The number of anilines is 1. The molecule has 0 aliphatic heterocycles. The number of halogens is 2. The standard InChI is InChI=1S/C14H10BrFN2O2S/c15-9-3-5-12(11(16)8-9)17-14(21)18-13(19)6-4-10-2-1-7-20-10/h1-8H,(H2,17,18,19,21)/b6-4+. The van der Waals surface area contributed by atoms with Crippen molar-refractivity contribution in [1.82, 2.24) is 5.32 Å². The summed E-state index contributed by atoms with van der Waals surface area (Å²) in [4.78, 5) is 11.6. The van der Waals surface area contributed by atoms with E-state index in [0.717, 1.165) is 0 Å². The minimum absolute atomic E-state index is 0.00492.